The van der Waals surface area contributed by atoms with E-state index in [1.807, 2.05) is 19.1 Å². The molecule has 2 saturated carbocycles. The number of aliphatic hydroxyl groups is 5. The van der Waals surface area contributed by atoms with Gasteiger partial charge in [0, 0.05) is 67.1 Å². The first-order valence-corrected chi connectivity index (χ1v) is 26.0. The molecule has 7 N–H and O–H groups in total. The molecule has 3 heterocycles. The molecule has 13 heteroatoms. The second kappa shape index (κ2) is 21.2. The van der Waals surface area contributed by atoms with E-state index in [9.17, 15) is 40.2 Å². The van der Waals surface area contributed by atoms with Crippen molar-refractivity contribution in [1.29, 1.82) is 0 Å². The largest absolute Gasteiger partial charge is 0.507 e. The van der Waals surface area contributed by atoms with Gasteiger partial charge in [-0.05, 0) is 134 Å². The lowest BCUT2D eigenvalue weighted by Crippen LogP contribution is -2.54. The highest BCUT2D eigenvalue weighted by Gasteiger charge is 2.50. The molecule has 0 radical (unpaired) electrons. The minimum absolute atomic E-state index is 0.0468. The lowest BCUT2D eigenvalue weighted by atomic mass is 9.66. The quantitative estimate of drug-likeness (QED) is 0.0584. The number of hydrogen-bond acceptors (Lipinski definition) is 13. The van der Waals surface area contributed by atoms with Crippen molar-refractivity contribution in [3.05, 3.63) is 98.1 Å². The SMILES string of the molecule is CCC[C@]1(O)[C@H]2CCC(=O)[C@@H](Cc3ccc4c(c3)C[C@@H](O)/C(=C3\C[C@@H](c5cc(CO)cc(NC[C@@](C)(O)[C@H](O)COC)c5)C#C[C@H]5CC(=O)Oc6c5cc(c(O)c6C5CCCCC5)C[C@H]1OC3=O)CC4)C2. The molecule has 0 amide bonds. The molecule has 9 bridgehead atoms. The Hall–Kier alpha value is -5.07. The first-order valence-electron chi connectivity index (χ1n) is 26.0. The molecule has 380 valence electrons. The van der Waals surface area contributed by atoms with Crippen molar-refractivity contribution in [1.82, 2.24) is 0 Å². The van der Waals surface area contributed by atoms with E-state index in [2.05, 4.69) is 35.4 Å². The molecule has 3 aromatic carbocycles. The summed E-state index contributed by atoms with van der Waals surface area (Å²) in [5.41, 5.74) is 3.61. The number of hydrogen-bond donors (Lipinski definition) is 7. The van der Waals surface area contributed by atoms with Crippen LogP contribution in [0.2, 0.25) is 0 Å². The minimum Gasteiger partial charge on any atom is -0.507 e. The summed E-state index contributed by atoms with van der Waals surface area (Å²) < 4.78 is 18.1. The molecule has 3 aromatic rings. The number of aryl methyl sites for hydroxylation is 1. The van der Waals surface area contributed by atoms with Crippen LogP contribution >= 0.6 is 0 Å². The molecule has 6 aliphatic rings. The molecule has 3 aliphatic heterocycles. The van der Waals surface area contributed by atoms with E-state index in [0.29, 0.717) is 83.4 Å². The number of fused-ring (bicyclic) bond motifs is 9. The van der Waals surface area contributed by atoms with Gasteiger partial charge in [0.25, 0.3) is 0 Å². The van der Waals surface area contributed by atoms with Crippen LogP contribution in [0.4, 0.5) is 5.69 Å². The zero-order valence-electron chi connectivity index (χ0n) is 41.4. The van der Waals surface area contributed by atoms with Crippen molar-refractivity contribution >= 4 is 23.4 Å². The average molecular weight is 974 g/mol. The first kappa shape index (κ1) is 50.9. The smallest absolute Gasteiger partial charge is 0.334 e. The second-order valence-electron chi connectivity index (χ2n) is 21.6. The van der Waals surface area contributed by atoms with Gasteiger partial charge in [-0.3, -0.25) is 9.59 Å². The van der Waals surface area contributed by atoms with Crippen molar-refractivity contribution in [2.75, 3.05) is 25.6 Å². The minimum atomic E-state index is -1.65. The molecular formula is C58H71NO12. The number of carbonyl (C=O) groups excluding carboxylic acids is 3. The zero-order chi connectivity index (χ0) is 50.2. The highest BCUT2D eigenvalue weighted by molar-refractivity contribution is 5.90. The molecule has 0 saturated heterocycles. The van der Waals surface area contributed by atoms with Crippen LogP contribution in [-0.2, 0) is 56.1 Å². The van der Waals surface area contributed by atoms with E-state index in [1.54, 1.807) is 12.1 Å². The Morgan fingerprint density at radius 3 is 2.45 bits per heavy atom. The number of benzene rings is 3. The summed E-state index contributed by atoms with van der Waals surface area (Å²) in [6.45, 7) is 2.92. The molecule has 9 rings (SSSR count). The van der Waals surface area contributed by atoms with E-state index in [4.69, 9.17) is 14.2 Å². The normalized spacial score (nSPS) is 29.2. The Bertz CT molecular complexity index is 2620. The van der Waals surface area contributed by atoms with Gasteiger partial charge in [0.2, 0.25) is 0 Å². The number of methoxy groups -OCH3 is 1. The number of esters is 2. The van der Waals surface area contributed by atoms with Gasteiger partial charge in [-0.15, -0.1) is 0 Å². The Morgan fingerprint density at radius 1 is 0.901 bits per heavy atom. The van der Waals surface area contributed by atoms with Crippen LogP contribution < -0.4 is 10.1 Å². The number of anilines is 1. The number of carbonyl (C=O) groups is 3. The summed E-state index contributed by atoms with van der Waals surface area (Å²) in [4.78, 5) is 43.3. The number of ether oxygens (including phenoxy) is 3. The van der Waals surface area contributed by atoms with E-state index < -0.39 is 59.2 Å². The van der Waals surface area contributed by atoms with Gasteiger partial charge in [-0.2, -0.15) is 0 Å². The van der Waals surface area contributed by atoms with E-state index in [0.717, 1.165) is 48.8 Å². The van der Waals surface area contributed by atoms with Crippen molar-refractivity contribution < 1.29 is 59.2 Å². The Morgan fingerprint density at radius 2 is 1.69 bits per heavy atom. The van der Waals surface area contributed by atoms with E-state index in [1.165, 1.54) is 14.0 Å². The van der Waals surface area contributed by atoms with Crippen molar-refractivity contribution in [3.8, 4) is 23.3 Å². The summed E-state index contributed by atoms with van der Waals surface area (Å²) >= 11 is 0. The van der Waals surface area contributed by atoms with Gasteiger partial charge in [0.1, 0.15) is 40.7 Å². The topological polar surface area (TPSA) is 212 Å². The van der Waals surface area contributed by atoms with Crippen LogP contribution in [0.1, 0.15) is 160 Å². The fraction of sp³-hybridized carbons (Fsp3) is 0.569. The fourth-order valence-electron chi connectivity index (χ4n) is 12.6. The van der Waals surface area contributed by atoms with Gasteiger partial charge in [0.15, 0.2) is 0 Å². The predicted molar refractivity (Wildman–Crippen MR) is 266 cm³/mol. The maximum atomic E-state index is 15.7. The number of aliphatic hydroxyl groups excluding tert-OH is 3. The van der Waals surface area contributed by atoms with Crippen molar-refractivity contribution in [3.63, 3.8) is 0 Å². The van der Waals surface area contributed by atoms with Crippen LogP contribution in [0.25, 0.3) is 0 Å². The molecule has 0 unspecified atom stereocenters. The number of aromatic hydroxyl groups is 1. The lowest BCUT2D eigenvalue weighted by Gasteiger charge is -2.45. The van der Waals surface area contributed by atoms with Crippen LogP contribution in [-0.4, -0.2) is 98.1 Å². The van der Waals surface area contributed by atoms with E-state index >= 15 is 4.79 Å². The summed E-state index contributed by atoms with van der Waals surface area (Å²) in [5.74, 6) is 3.69. The molecule has 0 spiro atoms. The van der Waals surface area contributed by atoms with Crippen molar-refractivity contribution in [2.45, 2.75) is 177 Å². The summed E-state index contributed by atoms with van der Waals surface area (Å²) in [6.07, 6.45) is 4.07. The standard InChI is InChI=1S/C58H71NO12/c1-4-18-58(68)43-15-17-48(61)41(23-43)20-33-10-11-35-14-16-45(49(62)27-40(35)19-33)47-25-37(39-21-34(30-60)22-44(24-39)59-32-57(2,67)50(63)31-69-3)12-13-38-29-52(64)71-55-46(38)26-42(28-51(58)70-56(47)66)54(65)53(55)36-8-6-5-7-9-36/h10-11,19,21-22,24,26,36-38,41,43,49-51,59-60,62-63,65,67-68H,4-9,14-18,20,23,25,27-32H2,1-3H3/b47-45+/t37-,38-,41-,43-,49+,50+,51+,57+,58-/m0/s1. The second-order valence-corrected chi connectivity index (χ2v) is 21.6. The molecule has 71 heavy (non-hydrogen) atoms. The number of ketones is 1. The van der Waals surface area contributed by atoms with Crippen LogP contribution in [0.3, 0.4) is 0 Å². The van der Waals surface area contributed by atoms with Crippen LogP contribution in [0.5, 0.6) is 11.5 Å². The Labute approximate surface area is 417 Å². The van der Waals surface area contributed by atoms with Gasteiger partial charge < -0.3 is 50.2 Å². The Balaban J connectivity index is 1.27. The van der Waals surface area contributed by atoms with Gasteiger partial charge in [-0.1, -0.05) is 68.7 Å². The third kappa shape index (κ3) is 10.6. The highest BCUT2D eigenvalue weighted by atomic mass is 16.6. The van der Waals surface area contributed by atoms with Gasteiger partial charge in [0.05, 0.1) is 31.7 Å². The maximum absolute atomic E-state index is 15.7. The third-order valence-electron chi connectivity index (χ3n) is 16.7. The third-order valence-corrected chi connectivity index (χ3v) is 16.7. The average Bonchev–Trinajstić information content (AvgIpc) is 3.50. The van der Waals surface area contributed by atoms with Crippen LogP contribution in [0.15, 0.2) is 53.6 Å². The number of nitrogens with one attached hydrogen (secondary N) is 1. The molecule has 0 aromatic heterocycles. The predicted octanol–water partition coefficient (Wildman–Crippen LogP) is 7.06. The lowest BCUT2D eigenvalue weighted by molar-refractivity contribution is -0.176. The fourth-order valence-corrected chi connectivity index (χ4v) is 12.6. The molecule has 13 nitrogen and oxygen atoms in total. The Kier molecular flexibility index (Phi) is 15.2. The van der Waals surface area contributed by atoms with Gasteiger partial charge in [-0.25, -0.2) is 4.79 Å². The first-order chi connectivity index (χ1) is 34.1. The van der Waals surface area contributed by atoms with Crippen LogP contribution in [0, 0.1) is 23.7 Å². The number of rotatable bonds is 11. The summed E-state index contributed by atoms with van der Waals surface area (Å²) in [6, 6.07) is 13.4. The number of phenolic OH excluding ortho intramolecular Hbond substituents is 1. The molecular weight excluding hydrogens is 903 g/mol. The number of Topliss-reactive ketones (excluding diaryl/α,β-unsaturated/α-hetero) is 1. The zero-order valence-corrected chi connectivity index (χ0v) is 41.4. The highest BCUT2D eigenvalue weighted by Crippen LogP contribution is 2.51. The van der Waals surface area contributed by atoms with Crippen molar-refractivity contribution in [2.24, 2.45) is 11.8 Å². The molecule has 2 fully saturated rings. The molecule has 9 atom stereocenters. The summed E-state index contributed by atoms with van der Waals surface area (Å²) in [7, 11) is 1.43. The molecule has 3 aliphatic carbocycles. The van der Waals surface area contributed by atoms with E-state index in [-0.39, 0.29) is 87.2 Å². The number of phenols is 1. The monoisotopic (exact) mass is 973 g/mol. The van der Waals surface area contributed by atoms with Gasteiger partial charge >= 0.3 is 11.9 Å². The summed E-state index contributed by atoms with van der Waals surface area (Å²) in [5, 5.41) is 74.3. The maximum Gasteiger partial charge on any atom is 0.334 e.